The summed E-state index contributed by atoms with van der Waals surface area (Å²) in [5.41, 5.74) is 2.88. The molecule has 162 valence electrons. The van der Waals surface area contributed by atoms with Gasteiger partial charge < -0.3 is 14.8 Å². The fraction of sp³-hybridized carbons (Fsp3) is 0.409. The summed E-state index contributed by atoms with van der Waals surface area (Å²) in [6, 6.07) is 13.3. The molecule has 0 spiro atoms. The van der Waals surface area contributed by atoms with Crippen LogP contribution in [0.25, 0.3) is 0 Å². The normalized spacial score (nSPS) is 12.8. The largest absolute Gasteiger partial charge is 0.454 e. The molecule has 2 aromatic rings. The van der Waals surface area contributed by atoms with Crippen molar-refractivity contribution in [3.8, 4) is 11.5 Å². The predicted octanol–water partition coefficient (Wildman–Crippen LogP) is 3.05. The van der Waals surface area contributed by atoms with E-state index < -0.39 is 10.0 Å². The molecule has 0 unspecified atom stereocenters. The minimum atomic E-state index is -3.64. The van der Waals surface area contributed by atoms with E-state index >= 15 is 0 Å². The van der Waals surface area contributed by atoms with E-state index in [-0.39, 0.29) is 19.2 Å². The third-order valence-corrected chi connectivity index (χ3v) is 6.08. The molecule has 8 heteroatoms. The number of benzene rings is 2. The molecule has 3 rings (SSSR count). The third kappa shape index (κ3) is 5.66. The number of carbonyl (C=O) groups excluding carboxylic acids is 1. The van der Waals surface area contributed by atoms with E-state index in [4.69, 9.17) is 9.47 Å². The van der Waals surface area contributed by atoms with Crippen molar-refractivity contribution < 1.29 is 22.7 Å². The van der Waals surface area contributed by atoms with E-state index in [0.29, 0.717) is 29.6 Å². The first-order valence-corrected chi connectivity index (χ1v) is 11.8. The van der Waals surface area contributed by atoms with Crippen molar-refractivity contribution >= 4 is 21.6 Å². The fourth-order valence-corrected chi connectivity index (χ4v) is 4.06. The van der Waals surface area contributed by atoms with Crippen LogP contribution in [0.15, 0.2) is 42.5 Å². The van der Waals surface area contributed by atoms with Crippen molar-refractivity contribution in [1.82, 2.24) is 5.32 Å². The van der Waals surface area contributed by atoms with Crippen molar-refractivity contribution in [3.05, 3.63) is 53.6 Å². The Morgan fingerprint density at radius 2 is 1.80 bits per heavy atom. The van der Waals surface area contributed by atoms with Crippen LogP contribution in [0.1, 0.15) is 37.3 Å². The molecule has 1 N–H and O–H groups in total. The SMILES string of the molecule is CC(C)c1ccc(CCCNC(=O)CN(c2ccc3c(c2)OCO3)S(C)(=O)=O)cc1. The van der Waals surface area contributed by atoms with Crippen LogP contribution in [-0.2, 0) is 21.2 Å². The molecule has 1 aliphatic heterocycles. The average Bonchev–Trinajstić information content (AvgIpc) is 3.16. The molecule has 1 amide bonds. The maximum atomic E-state index is 12.4. The number of nitrogens with zero attached hydrogens (tertiary/aromatic N) is 1. The lowest BCUT2D eigenvalue weighted by Gasteiger charge is -2.22. The molecule has 7 nitrogen and oxygen atoms in total. The Bertz CT molecular complexity index is 987. The lowest BCUT2D eigenvalue weighted by molar-refractivity contribution is -0.119. The molecular weight excluding hydrogens is 404 g/mol. The van der Waals surface area contributed by atoms with E-state index in [9.17, 15) is 13.2 Å². The van der Waals surface area contributed by atoms with Crippen molar-refractivity contribution in [2.45, 2.75) is 32.6 Å². The Labute approximate surface area is 178 Å². The zero-order valence-electron chi connectivity index (χ0n) is 17.6. The molecule has 1 aliphatic rings. The summed E-state index contributed by atoms with van der Waals surface area (Å²) in [6.07, 6.45) is 2.69. The lowest BCUT2D eigenvalue weighted by atomic mass is 10.0. The van der Waals surface area contributed by atoms with Gasteiger partial charge in [-0.05, 0) is 42.0 Å². The molecule has 0 aliphatic carbocycles. The summed E-state index contributed by atoms with van der Waals surface area (Å²) < 4.78 is 36.1. The molecule has 0 saturated carbocycles. The maximum absolute atomic E-state index is 12.4. The Morgan fingerprint density at radius 1 is 1.10 bits per heavy atom. The van der Waals surface area contributed by atoms with Gasteiger partial charge in [-0.2, -0.15) is 0 Å². The van der Waals surface area contributed by atoms with Crippen molar-refractivity contribution in [1.29, 1.82) is 0 Å². The summed E-state index contributed by atoms with van der Waals surface area (Å²) >= 11 is 0. The molecule has 0 aromatic heterocycles. The van der Waals surface area contributed by atoms with Gasteiger partial charge in [-0.3, -0.25) is 9.10 Å². The third-order valence-electron chi connectivity index (χ3n) is 4.94. The molecule has 0 bridgehead atoms. The Morgan fingerprint density at radius 3 is 2.47 bits per heavy atom. The first kappa shape index (κ1) is 22.0. The molecule has 1 heterocycles. The van der Waals surface area contributed by atoms with Gasteiger partial charge in [0.15, 0.2) is 11.5 Å². The van der Waals surface area contributed by atoms with E-state index in [2.05, 4.69) is 43.4 Å². The quantitative estimate of drug-likeness (QED) is 0.616. The van der Waals surface area contributed by atoms with Crippen LogP contribution in [0.4, 0.5) is 5.69 Å². The molecular formula is C22H28N2O5S. The van der Waals surface area contributed by atoms with Gasteiger partial charge >= 0.3 is 0 Å². The number of aryl methyl sites for hydroxylation is 1. The Kier molecular flexibility index (Phi) is 6.87. The summed E-state index contributed by atoms with van der Waals surface area (Å²) in [5.74, 6) is 1.16. The van der Waals surface area contributed by atoms with Crippen LogP contribution >= 0.6 is 0 Å². The second-order valence-electron chi connectivity index (χ2n) is 7.66. The van der Waals surface area contributed by atoms with Crippen LogP contribution in [0.5, 0.6) is 11.5 Å². The van der Waals surface area contributed by atoms with Gasteiger partial charge in [0.05, 0.1) is 11.9 Å². The van der Waals surface area contributed by atoms with Gasteiger partial charge in [0.1, 0.15) is 6.54 Å². The summed E-state index contributed by atoms with van der Waals surface area (Å²) in [6.45, 7) is 4.60. The summed E-state index contributed by atoms with van der Waals surface area (Å²) in [4.78, 5) is 12.4. The van der Waals surface area contributed by atoms with Crippen molar-refractivity contribution in [2.75, 3.05) is 30.4 Å². The van der Waals surface area contributed by atoms with E-state index in [0.717, 1.165) is 23.4 Å². The second-order valence-corrected chi connectivity index (χ2v) is 9.56. The maximum Gasteiger partial charge on any atom is 0.240 e. The van der Waals surface area contributed by atoms with Gasteiger partial charge in [0.2, 0.25) is 22.7 Å². The number of carbonyl (C=O) groups is 1. The number of ether oxygens (including phenoxy) is 2. The van der Waals surface area contributed by atoms with E-state index in [1.165, 1.54) is 11.1 Å². The highest BCUT2D eigenvalue weighted by atomic mass is 32.2. The standard InChI is InChI=1S/C22H28N2O5S/c1-16(2)18-8-6-17(7-9-18)5-4-12-23-22(25)14-24(30(3,26)27)19-10-11-20-21(13-19)29-15-28-20/h6-11,13,16H,4-5,12,14-15H2,1-3H3,(H,23,25). The highest BCUT2D eigenvalue weighted by Gasteiger charge is 2.23. The molecule has 0 saturated heterocycles. The zero-order chi connectivity index (χ0) is 21.7. The van der Waals surface area contributed by atoms with Crippen LogP contribution < -0.4 is 19.1 Å². The first-order valence-electron chi connectivity index (χ1n) is 9.97. The monoisotopic (exact) mass is 432 g/mol. The number of hydrogen-bond acceptors (Lipinski definition) is 5. The summed E-state index contributed by atoms with van der Waals surface area (Å²) in [7, 11) is -3.64. The van der Waals surface area contributed by atoms with Gasteiger partial charge in [-0.15, -0.1) is 0 Å². The van der Waals surface area contributed by atoms with Crippen LogP contribution in [0, 0.1) is 0 Å². The molecule has 2 aromatic carbocycles. The number of amides is 1. The minimum Gasteiger partial charge on any atom is -0.454 e. The fourth-order valence-electron chi connectivity index (χ4n) is 3.22. The number of fused-ring (bicyclic) bond motifs is 1. The number of anilines is 1. The summed E-state index contributed by atoms with van der Waals surface area (Å²) in [5, 5.41) is 2.81. The molecule has 30 heavy (non-hydrogen) atoms. The van der Waals surface area contributed by atoms with Gasteiger partial charge in [0.25, 0.3) is 0 Å². The number of hydrogen-bond donors (Lipinski definition) is 1. The highest BCUT2D eigenvalue weighted by molar-refractivity contribution is 7.92. The van der Waals surface area contributed by atoms with Gasteiger partial charge in [-0.25, -0.2) is 8.42 Å². The van der Waals surface area contributed by atoms with Crippen LogP contribution in [-0.4, -0.2) is 40.5 Å². The van der Waals surface area contributed by atoms with Crippen molar-refractivity contribution in [3.63, 3.8) is 0 Å². The average molecular weight is 433 g/mol. The smallest absolute Gasteiger partial charge is 0.240 e. The lowest BCUT2D eigenvalue weighted by Crippen LogP contribution is -2.40. The zero-order valence-corrected chi connectivity index (χ0v) is 18.4. The van der Waals surface area contributed by atoms with Gasteiger partial charge in [-0.1, -0.05) is 38.1 Å². The minimum absolute atomic E-state index is 0.0956. The number of rotatable bonds is 9. The molecule has 0 fully saturated rings. The highest BCUT2D eigenvalue weighted by Crippen LogP contribution is 2.36. The number of nitrogens with one attached hydrogen (secondary N) is 1. The number of sulfonamides is 1. The molecule has 0 radical (unpaired) electrons. The predicted molar refractivity (Wildman–Crippen MR) is 117 cm³/mol. The van der Waals surface area contributed by atoms with Crippen LogP contribution in [0.2, 0.25) is 0 Å². The van der Waals surface area contributed by atoms with E-state index in [1.807, 2.05) is 0 Å². The Hall–Kier alpha value is -2.74. The first-order chi connectivity index (χ1) is 14.2. The molecule has 0 atom stereocenters. The van der Waals surface area contributed by atoms with Crippen molar-refractivity contribution in [2.24, 2.45) is 0 Å². The van der Waals surface area contributed by atoms with Gasteiger partial charge in [0, 0.05) is 12.6 Å². The topological polar surface area (TPSA) is 84.9 Å². The van der Waals surface area contributed by atoms with Crippen LogP contribution in [0.3, 0.4) is 0 Å². The van der Waals surface area contributed by atoms with E-state index in [1.54, 1.807) is 18.2 Å². The Balaban J connectivity index is 1.52. The second kappa shape index (κ2) is 9.38.